The van der Waals surface area contributed by atoms with Crippen molar-refractivity contribution in [2.75, 3.05) is 12.3 Å². The van der Waals surface area contributed by atoms with Gasteiger partial charge in [-0.3, -0.25) is 14.4 Å². The van der Waals surface area contributed by atoms with Crippen molar-refractivity contribution in [3.63, 3.8) is 0 Å². The van der Waals surface area contributed by atoms with Gasteiger partial charge in [0, 0.05) is 10.7 Å². The van der Waals surface area contributed by atoms with E-state index in [0.29, 0.717) is 5.02 Å². The molecule has 2 amide bonds. The summed E-state index contributed by atoms with van der Waals surface area (Å²) < 4.78 is 0. The molecule has 0 bridgehead atoms. The first-order valence-corrected chi connectivity index (χ1v) is 4.64. The van der Waals surface area contributed by atoms with E-state index in [-0.39, 0.29) is 11.3 Å². The zero-order chi connectivity index (χ0) is 12.1. The van der Waals surface area contributed by atoms with Crippen LogP contribution in [0.25, 0.3) is 0 Å². The molecule has 0 heterocycles. The highest BCUT2D eigenvalue weighted by Crippen LogP contribution is 2.17. The molecular formula is C9H10ClN3O3. The molecule has 0 saturated carbocycles. The summed E-state index contributed by atoms with van der Waals surface area (Å²) in [7, 11) is 0. The number of halogens is 1. The minimum atomic E-state index is -0.690. The summed E-state index contributed by atoms with van der Waals surface area (Å²) >= 11 is 5.66. The van der Waals surface area contributed by atoms with Crippen molar-refractivity contribution < 1.29 is 14.4 Å². The SMILES string of the molecule is NC(=O)CONC(=O)c1ccc(Cl)cc1N. The third kappa shape index (κ3) is 3.41. The molecule has 6 nitrogen and oxygen atoms in total. The Hall–Kier alpha value is -1.79. The van der Waals surface area contributed by atoms with Crippen LogP contribution in [0.5, 0.6) is 0 Å². The van der Waals surface area contributed by atoms with Gasteiger partial charge in [0.05, 0.1) is 5.56 Å². The molecular weight excluding hydrogens is 234 g/mol. The van der Waals surface area contributed by atoms with E-state index in [1.54, 1.807) is 0 Å². The molecule has 0 aliphatic carbocycles. The number of benzene rings is 1. The van der Waals surface area contributed by atoms with Crippen LogP contribution in [0.1, 0.15) is 10.4 Å². The Labute approximate surface area is 96.4 Å². The van der Waals surface area contributed by atoms with Gasteiger partial charge in [-0.1, -0.05) is 11.6 Å². The third-order valence-electron chi connectivity index (χ3n) is 1.64. The molecule has 0 fully saturated rings. The van der Waals surface area contributed by atoms with Crippen LogP contribution in [-0.2, 0) is 9.63 Å². The second-order valence-corrected chi connectivity index (χ2v) is 3.35. The number of hydrogen-bond acceptors (Lipinski definition) is 4. The maximum atomic E-state index is 11.4. The summed E-state index contributed by atoms with van der Waals surface area (Å²) in [5.74, 6) is -1.26. The van der Waals surface area contributed by atoms with Gasteiger partial charge < -0.3 is 11.5 Å². The Balaban J connectivity index is 2.63. The van der Waals surface area contributed by atoms with Crippen LogP contribution in [0.2, 0.25) is 5.02 Å². The highest BCUT2D eigenvalue weighted by molar-refractivity contribution is 6.31. The van der Waals surface area contributed by atoms with Crippen LogP contribution < -0.4 is 16.9 Å². The number of carbonyl (C=O) groups is 2. The molecule has 5 N–H and O–H groups in total. The number of nitrogens with one attached hydrogen (secondary N) is 1. The lowest BCUT2D eigenvalue weighted by Gasteiger charge is -2.06. The van der Waals surface area contributed by atoms with Gasteiger partial charge in [0.15, 0.2) is 6.61 Å². The van der Waals surface area contributed by atoms with E-state index in [2.05, 4.69) is 4.84 Å². The second kappa shape index (κ2) is 5.34. The highest BCUT2D eigenvalue weighted by atomic mass is 35.5. The maximum absolute atomic E-state index is 11.4. The number of hydroxylamine groups is 1. The van der Waals surface area contributed by atoms with E-state index < -0.39 is 18.4 Å². The normalized spacial score (nSPS) is 9.81. The van der Waals surface area contributed by atoms with Crippen molar-refractivity contribution >= 4 is 29.1 Å². The molecule has 7 heteroatoms. The molecule has 1 aromatic rings. The number of nitrogens with two attached hydrogens (primary N) is 2. The van der Waals surface area contributed by atoms with Crippen LogP contribution >= 0.6 is 11.6 Å². The lowest BCUT2D eigenvalue weighted by atomic mass is 10.2. The summed E-state index contributed by atoms with van der Waals surface area (Å²) in [6.07, 6.45) is 0. The van der Waals surface area contributed by atoms with Crippen molar-refractivity contribution in [3.8, 4) is 0 Å². The lowest BCUT2D eigenvalue weighted by Crippen LogP contribution is -2.29. The molecule has 0 aliphatic heterocycles. The summed E-state index contributed by atoms with van der Waals surface area (Å²) in [6, 6.07) is 4.39. The summed E-state index contributed by atoms with van der Waals surface area (Å²) in [6.45, 7) is -0.404. The van der Waals surface area contributed by atoms with Crippen molar-refractivity contribution in [2.45, 2.75) is 0 Å². The van der Waals surface area contributed by atoms with Crippen LogP contribution in [0, 0.1) is 0 Å². The molecule has 0 atom stereocenters. The van der Waals surface area contributed by atoms with E-state index in [1.807, 2.05) is 5.48 Å². The van der Waals surface area contributed by atoms with Crippen LogP contribution in [0.15, 0.2) is 18.2 Å². The fourth-order valence-corrected chi connectivity index (χ4v) is 1.15. The Morgan fingerprint density at radius 2 is 2.12 bits per heavy atom. The average molecular weight is 244 g/mol. The van der Waals surface area contributed by atoms with Gasteiger partial charge in [0.1, 0.15) is 0 Å². The molecule has 16 heavy (non-hydrogen) atoms. The zero-order valence-corrected chi connectivity index (χ0v) is 8.95. The number of nitrogen functional groups attached to an aromatic ring is 1. The third-order valence-corrected chi connectivity index (χ3v) is 1.87. The van der Waals surface area contributed by atoms with Gasteiger partial charge in [-0.15, -0.1) is 0 Å². The second-order valence-electron chi connectivity index (χ2n) is 2.92. The Bertz CT molecular complexity index is 422. The molecule has 0 spiro atoms. The summed E-state index contributed by atoms with van der Waals surface area (Å²) in [5.41, 5.74) is 12.8. The standard InChI is InChI=1S/C9H10ClN3O3/c10-5-1-2-6(7(11)3-5)9(15)13-16-4-8(12)14/h1-3H,4,11H2,(H2,12,14)(H,13,15). The molecule has 1 rings (SSSR count). The number of carbonyl (C=O) groups excluding carboxylic acids is 2. The van der Waals surface area contributed by atoms with E-state index in [0.717, 1.165) is 0 Å². The number of hydrogen-bond donors (Lipinski definition) is 3. The molecule has 0 radical (unpaired) electrons. The Morgan fingerprint density at radius 3 is 2.69 bits per heavy atom. The van der Waals surface area contributed by atoms with E-state index >= 15 is 0 Å². The van der Waals surface area contributed by atoms with Crippen LogP contribution in [0.3, 0.4) is 0 Å². The van der Waals surface area contributed by atoms with Crippen molar-refractivity contribution in [3.05, 3.63) is 28.8 Å². The first-order valence-electron chi connectivity index (χ1n) is 4.26. The minimum absolute atomic E-state index is 0.203. The van der Waals surface area contributed by atoms with E-state index in [9.17, 15) is 9.59 Å². The van der Waals surface area contributed by atoms with Gasteiger partial charge in [0.25, 0.3) is 5.91 Å². The largest absolute Gasteiger partial charge is 0.398 e. The molecule has 0 unspecified atom stereocenters. The van der Waals surface area contributed by atoms with Gasteiger partial charge in [-0.25, -0.2) is 5.48 Å². The first kappa shape index (κ1) is 12.3. The van der Waals surface area contributed by atoms with Crippen LogP contribution in [-0.4, -0.2) is 18.4 Å². The van der Waals surface area contributed by atoms with Crippen molar-refractivity contribution in [1.82, 2.24) is 5.48 Å². The van der Waals surface area contributed by atoms with Crippen molar-refractivity contribution in [2.24, 2.45) is 5.73 Å². The zero-order valence-electron chi connectivity index (χ0n) is 8.20. The molecule has 0 aliphatic rings. The van der Waals surface area contributed by atoms with Gasteiger partial charge in [-0.05, 0) is 18.2 Å². The Morgan fingerprint density at radius 1 is 1.44 bits per heavy atom. The predicted octanol–water partition coefficient (Wildman–Crippen LogP) is 0.0689. The Kier molecular flexibility index (Phi) is 4.10. The van der Waals surface area contributed by atoms with E-state index in [4.69, 9.17) is 23.1 Å². The summed E-state index contributed by atoms with van der Waals surface area (Å²) in [5, 5.41) is 0.423. The fourth-order valence-electron chi connectivity index (χ4n) is 0.968. The van der Waals surface area contributed by atoms with E-state index in [1.165, 1.54) is 18.2 Å². The number of rotatable bonds is 4. The monoisotopic (exact) mass is 243 g/mol. The van der Waals surface area contributed by atoms with Gasteiger partial charge in [-0.2, -0.15) is 0 Å². The van der Waals surface area contributed by atoms with Crippen molar-refractivity contribution in [1.29, 1.82) is 0 Å². The lowest BCUT2D eigenvalue weighted by molar-refractivity contribution is -0.124. The molecule has 0 saturated heterocycles. The quantitative estimate of drug-likeness (QED) is 0.514. The maximum Gasteiger partial charge on any atom is 0.276 e. The topological polar surface area (TPSA) is 107 Å². The number of anilines is 1. The van der Waals surface area contributed by atoms with Crippen LogP contribution in [0.4, 0.5) is 5.69 Å². The van der Waals surface area contributed by atoms with Gasteiger partial charge >= 0.3 is 0 Å². The minimum Gasteiger partial charge on any atom is -0.398 e. The van der Waals surface area contributed by atoms with Gasteiger partial charge in [0.2, 0.25) is 5.91 Å². The molecule has 0 aromatic heterocycles. The number of amides is 2. The smallest absolute Gasteiger partial charge is 0.276 e. The number of primary amides is 1. The summed E-state index contributed by atoms with van der Waals surface area (Å²) in [4.78, 5) is 26.3. The average Bonchev–Trinajstić information content (AvgIpc) is 2.16. The predicted molar refractivity (Wildman–Crippen MR) is 58.5 cm³/mol. The molecule has 86 valence electrons. The fraction of sp³-hybridized carbons (Fsp3) is 0.111. The highest BCUT2D eigenvalue weighted by Gasteiger charge is 2.10. The molecule has 1 aromatic carbocycles. The first-order chi connectivity index (χ1) is 7.50.